The molecule has 4 heteroatoms. The van der Waals surface area contributed by atoms with Crippen LogP contribution in [0.1, 0.15) is 44.6 Å². The van der Waals surface area contributed by atoms with Gasteiger partial charge in [-0.15, -0.1) is 0 Å². The number of benzene rings is 1. The molecule has 124 valence electrons. The van der Waals surface area contributed by atoms with Crippen molar-refractivity contribution >= 4 is 11.9 Å². The number of nitrogens with zero attached hydrogens (tertiary/aromatic N) is 1. The summed E-state index contributed by atoms with van der Waals surface area (Å²) in [6.07, 6.45) is 2.45. The van der Waals surface area contributed by atoms with Crippen LogP contribution in [0, 0.1) is 17.3 Å². The van der Waals surface area contributed by atoms with E-state index in [2.05, 4.69) is 13.8 Å². The molecule has 2 fully saturated rings. The molecular weight excluding hydrogens is 290 g/mol. The maximum absolute atomic E-state index is 13.0. The fraction of sp³-hybridized carbons (Fsp3) is 0.579. The number of hydrogen-bond acceptors (Lipinski definition) is 2. The highest BCUT2D eigenvalue weighted by atomic mass is 16.4. The molecule has 23 heavy (non-hydrogen) atoms. The van der Waals surface area contributed by atoms with E-state index >= 15 is 0 Å². The van der Waals surface area contributed by atoms with E-state index in [4.69, 9.17) is 0 Å². The average Bonchev–Trinajstić information content (AvgIpc) is 3.23. The third-order valence-electron chi connectivity index (χ3n) is 5.65. The van der Waals surface area contributed by atoms with Crippen LogP contribution in [0.4, 0.5) is 0 Å². The van der Waals surface area contributed by atoms with Gasteiger partial charge in [0.25, 0.3) is 0 Å². The summed E-state index contributed by atoms with van der Waals surface area (Å²) in [7, 11) is 0. The molecule has 1 spiro atoms. The number of amides is 1. The van der Waals surface area contributed by atoms with Crippen LogP contribution in [0.25, 0.3) is 0 Å². The zero-order valence-corrected chi connectivity index (χ0v) is 13.9. The van der Waals surface area contributed by atoms with Crippen molar-refractivity contribution in [2.45, 2.75) is 39.0 Å². The summed E-state index contributed by atoms with van der Waals surface area (Å²) in [6.45, 7) is 5.56. The predicted octanol–water partition coefficient (Wildman–Crippen LogP) is 3.14. The lowest BCUT2D eigenvalue weighted by molar-refractivity contribution is -0.140. The fourth-order valence-corrected chi connectivity index (χ4v) is 4.09. The lowest BCUT2D eigenvalue weighted by Gasteiger charge is -2.36. The zero-order chi connectivity index (χ0) is 16.6. The van der Waals surface area contributed by atoms with Crippen molar-refractivity contribution in [3.05, 3.63) is 35.9 Å². The first-order valence-electron chi connectivity index (χ1n) is 8.51. The number of carboxylic acid groups (broad SMARTS) is 1. The number of hydrogen-bond donors (Lipinski definition) is 1. The summed E-state index contributed by atoms with van der Waals surface area (Å²) in [6, 6.07) is 9.97. The lowest BCUT2D eigenvalue weighted by atomic mass is 9.85. The minimum atomic E-state index is -0.672. The average molecular weight is 315 g/mol. The van der Waals surface area contributed by atoms with Crippen LogP contribution < -0.4 is 0 Å². The number of aliphatic carboxylic acids is 1. The minimum Gasteiger partial charge on any atom is -0.481 e. The Morgan fingerprint density at radius 3 is 2.26 bits per heavy atom. The van der Waals surface area contributed by atoms with Gasteiger partial charge in [0.2, 0.25) is 5.91 Å². The molecule has 1 amide bonds. The van der Waals surface area contributed by atoms with Crippen LogP contribution in [-0.4, -0.2) is 35.0 Å². The highest BCUT2D eigenvalue weighted by molar-refractivity contribution is 5.84. The van der Waals surface area contributed by atoms with E-state index in [0.717, 1.165) is 24.8 Å². The molecular formula is C19H25NO3. The summed E-state index contributed by atoms with van der Waals surface area (Å²) < 4.78 is 0. The molecule has 2 atom stereocenters. The third-order valence-corrected chi connectivity index (χ3v) is 5.65. The van der Waals surface area contributed by atoms with Crippen molar-refractivity contribution in [2.75, 3.05) is 13.1 Å². The Morgan fingerprint density at radius 1 is 1.17 bits per heavy atom. The minimum absolute atomic E-state index is 0.0251. The van der Waals surface area contributed by atoms with E-state index in [1.165, 1.54) is 0 Å². The molecule has 1 aromatic rings. The van der Waals surface area contributed by atoms with Gasteiger partial charge >= 0.3 is 5.97 Å². The number of carboxylic acids is 1. The summed E-state index contributed by atoms with van der Waals surface area (Å²) in [5, 5.41) is 9.17. The first kappa shape index (κ1) is 16.0. The number of likely N-dealkylation sites (tertiary alicyclic amines) is 1. The topological polar surface area (TPSA) is 57.6 Å². The van der Waals surface area contributed by atoms with Crippen molar-refractivity contribution in [2.24, 2.45) is 17.3 Å². The van der Waals surface area contributed by atoms with Crippen molar-refractivity contribution in [1.29, 1.82) is 0 Å². The Labute approximate surface area is 137 Å². The van der Waals surface area contributed by atoms with Crippen molar-refractivity contribution < 1.29 is 14.7 Å². The van der Waals surface area contributed by atoms with Crippen molar-refractivity contribution in [3.8, 4) is 0 Å². The molecule has 2 aliphatic rings. The van der Waals surface area contributed by atoms with E-state index in [9.17, 15) is 14.7 Å². The van der Waals surface area contributed by atoms with Gasteiger partial charge in [0.1, 0.15) is 0 Å². The van der Waals surface area contributed by atoms with E-state index in [1.54, 1.807) is 0 Å². The molecule has 1 aromatic carbocycles. The SMILES string of the molecule is CC(C)C(C(=O)N1CCC2(CC1)CC2C(=O)O)c1ccccc1. The maximum atomic E-state index is 13.0. The Morgan fingerprint density at radius 2 is 1.78 bits per heavy atom. The van der Waals surface area contributed by atoms with E-state index < -0.39 is 5.97 Å². The van der Waals surface area contributed by atoms with Gasteiger partial charge < -0.3 is 10.0 Å². The van der Waals surface area contributed by atoms with Gasteiger partial charge in [-0.05, 0) is 36.2 Å². The first-order chi connectivity index (χ1) is 10.9. The smallest absolute Gasteiger partial charge is 0.307 e. The highest BCUT2D eigenvalue weighted by Gasteiger charge is 2.59. The molecule has 3 rings (SSSR count). The van der Waals surface area contributed by atoms with Gasteiger partial charge in [0.15, 0.2) is 0 Å². The Bertz CT molecular complexity index is 588. The molecule has 2 unspecified atom stereocenters. The quantitative estimate of drug-likeness (QED) is 0.928. The second-order valence-corrected chi connectivity index (χ2v) is 7.41. The molecule has 1 saturated heterocycles. The first-order valence-corrected chi connectivity index (χ1v) is 8.51. The van der Waals surface area contributed by atoms with Crippen LogP contribution in [0.15, 0.2) is 30.3 Å². The van der Waals surface area contributed by atoms with Crippen LogP contribution in [0.5, 0.6) is 0 Å². The molecule has 0 bridgehead atoms. The summed E-state index contributed by atoms with van der Waals surface area (Å²) in [4.78, 5) is 26.1. The standard InChI is InChI=1S/C19H25NO3/c1-13(2)16(14-6-4-3-5-7-14)17(21)20-10-8-19(9-11-20)12-15(19)18(22)23/h3-7,13,15-16H,8-12H2,1-2H3,(H,22,23). The molecule has 0 aromatic heterocycles. The monoisotopic (exact) mass is 315 g/mol. The second-order valence-electron chi connectivity index (χ2n) is 7.41. The van der Waals surface area contributed by atoms with Crippen molar-refractivity contribution in [3.63, 3.8) is 0 Å². The lowest BCUT2D eigenvalue weighted by Crippen LogP contribution is -2.43. The number of carbonyl (C=O) groups excluding carboxylic acids is 1. The predicted molar refractivity (Wildman–Crippen MR) is 88.0 cm³/mol. The second kappa shape index (κ2) is 5.99. The van der Waals surface area contributed by atoms with Gasteiger partial charge in [-0.25, -0.2) is 0 Å². The summed E-state index contributed by atoms with van der Waals surface area (Å²) >= 11 is 0. The molecule has 1 saturated carbocycles. The van der Waals surface area contributed by atoms with Crippen molar-refractivity contribution in [1.82, 2.24) is 4.90 Å². The normalized spacial score (nSPS) is 23.8. The number of piperidine rings is 1. The largest absolute Gasteiger partial charge is 0.481 e. The van der Waals surface area contributed by atoms with Gasteiger partial charge in [-0.1, -0.05) is 44.2 Å². The van der Waals surface area contributed by atoms with Gasteiger partial charge in [-0.2, -0.15) is 0 Å². The van der Waals surface area contributed by atoms with Crippen LogP contribution in [0.2, 0.25) is 0 Å². The molecule has 0 radical (unpaired) electrons. The number of rotatable bonds is 4. The van der Waals surface area contributed by atoms with Crippen LogP contribution >= 0.6 is 0 Å². The molecule has 1 aliphatic carbocycles. The van der Waals surface area contributed by atoms with Gasteiger partial charge in [0.05, 0.1) is 11.8 Å². The fourth-order valence-electron chi connectivity index (χ4n) is 4.09. The Balaban J connectivity index is 1.68. The zero-order valence-electron chi connectivity index (χ0n) is 13.9. The van der Waals surface area contributed by atoms with E-state index in [-0.39, 0.29) is 29.1 Å². The maximum Gasteiger partial charge on any atom is 0.307 e. The Hall–Kier alpha value is -1.84. The van der Waals surface area contributed by atoms with Crippen LogP contribution in [0.3, 0.4) is 0 Å². The summed E-state index contributed by atoms with van der Waals surface area (Å²) in [5.41, 5.74) is 1.05. The Kier molecular flexibility index (Phi) is 4.17. The van der Waals surface area contributed by atoms with Gasteiger partial charge in [0, 0.05) is 13.1 Å². The van der Waals surface area contributed by atoms with Crippen LogP contribution in [-0.2, 0) is 9.59 Å². The number of carbonyl (C=O) groups is 2. The van der Waals surface area contributed by atoms with Gasteiger partial charge in [-0.3, -0.25) is 9.59 Å². The molecule has 1 N–H and O–H groups in total. The van der Waals surface area contributed by atoms with E-state index in [1.807, 2.05) is 35.2 Å². The summed E-state index contributed by atoms with van der Waals surface area (Å²) in [5.74, 6) is -0.536. The highest BCUT2D eigenvalue weighted by Crippen LogP contribution is 2.59. The third kappa shape index (κ3) is 2.99. The molecule has 4 nitrogen and oxygen atoms in total. The van der Waals surface area contributed by atoms with E-state index in [0.29, 0.717) is 13.1 Å². The molecule has 1 heterocycles. The molecule has 1 aliphatic heterocycles.